The molecule has 1 amide bonds. The number of hydrogen-bond donors (Lipinski definition) is 2. The lowest BCUT2D eigenvalue weighted by molar-refractivity contribution is -0.437. The van der Waals surface area contributed by atoms with Gasteiger partial charge >= 0.3 is 5.97 Å². The number of anilines is 1. The van der Waals surface area contributed by atoms with Crippen LogP contribution in [0.15, 0.2) is 133 Å². The van der Waals surface area contributed by atoms with Gasteiger partial charge < -0.3 is 19.5 Å². The van der Waals surface area contributed by atoms with E-state index >= 15 is 0 Å². The van der Waals surface area contributed by atoms with Gasteiger partial charge in [0.15, 0.2) is 5.71 Å². The molecule has 344 valence electrons. The minimum absolute atomic E-state index is 0.0311. The number of pyridine rings is 1. The Morgan fingerprint density at radius 2 is 1.55 bits per heavy atom. The molecule has 2 aliphatic heterocycles. The van der Waals surface area contributed by atoms with Gasteiger partial charge in [0.05, 0.1) is 39.1 Å². The summed E-state index contributed by atoms with van der Waals surface area (Å²) in [5.74, 6) is -1.88. The number of fused-ring (bicyclic) bond motifs is 6. The average Bonchev–Trinajstić information content (AvgIpc) is 3.62. The zero-order valence-corrected chi connectivity index (χ0v) is 39.3. The zero-order valence-electron chi connectivity index (χ0n) is 37.7. The Bertz CT molecular complexity index is 3110. The van der Waals surface area contributed by atoms with Gasteiger partial charge in [-0.3, -0.25) is 14.3 Å². The number of benzene rings is 4. The van der Waals surface area contributed by atoms with Crippen molar-refractivity contribution in [2.45, 2.75) is 58.3 Å². The monoisotopic (exact) mass is 930 g/mol. The molecular formula is C51H54N4O9S2. The van der Waals surface area contributed by atoms with Crippen LogP contribution in [-0.2, 0) is 40.6 Å². The summed E-state index contributed by atoms with van der Waals surface area (Å²) in [5.41, 5.74) is 6.30. The zero-order chi connectivity index (χ0) is 47.6. The number of nitrogens with one attached hydrogen (secondary N) is 1. The largest absolute Gasteiger partial charge is 0.748 e. The van der Waals surface area contributed by atoms with Gasteiger partial charge in [-0.05, 0) is 90.7 Å². The van der Waals surface area contributed by atoms with Crippen LogP contribution in [0.2, 0.25) is 0 Å². The van der Waals surface area contributed by atoms with Gasteiger partial charge in [-0.2, -0.15) is 13.0 Å². The first kappa shape index (κ1) is 47.7. The molecule has 3 heterocycles. The Balaban J connectivity index is 1.34. The lowest BCUT2D eigenvalue weighted by atomic mass is 9.79. The van der Waals surface area contributed by atoms with Crippen molar-refractivity contribution in [3.05, 3.63) is 156 Å². The molecule has 0 unspecified atom stereocenters. The lowest BCUT2D eigenvalue weighted by Crippen LogP contribution is -2.28. The van der Waals surface area contributed by atoms with Gasteiger partial charge in [0, 0.05) is 70.6 Å². The summed E-state index contributed by atoms with van der Waals surface area (Å²) in [6.07, 6.45) is 9.61. The van der Waals surface area contributed by atoms with Gasteiger partial charge in [0.25, 0.3) is 16.0 Å². The van der Waals surface area contributed by atoms with Gasteiger partial charge in [0.2, 0.25) is 5.69 Å². The molecule has 66 heavy (non-hydrogen) atoms. The number of ether oxygens (including phenoxy) is 1. The molecule has 15 heteroatoms. The summed E-state index contributed by atoms with van der Waals surface area (Å²) in [6, 6.07) is 27.7. The lowest BCUT2D eigenvalue weighted by Gasteiger charge is -2.27. The van der Waals surface area contributed by atoms with Crippen molar-refractivity contribution in [2.24, 2.45) is 0 Å². The van der Waals surface area contributed by atoms with Crippen molar-refractivity contribution >= 4 is 76.3 Å². The van der Waals surface area contributed by atoms with E-state index in [4.69, 9.17) is 9.72 Å². The minimum Gasteiger partial charge on any atom is -0.748 e. The van der Waals surface area contributed by atoms with Crippen LogP contribution in [0.25, 0.3) is 27.1 Å². The summed E-state index contributed by atoms with van der Waals surface area (Å²) in [6.45, 7) is 14.2. The van der Waals surface area contributed by atoms with E-state index < -0.39 is 54.4 Å². The number of aromatic nitrogens is 1. The number of carbonyl (C=O) groups is 2. The smallest absolute Gasteiger partial charge is 0.333 e. The van der Waals surface area contributed by atoms with Crippen LogP contribution >= 0.6 is 0 Å². The average molecular weight is 931 g/mol. The molecule has 0 aliphatic carbocycles. The van der Waals surface area contributed by atoms with E-state index in [2.05, 4.69) is 67.3 Å². The summed E-state index contributed by atoms with van der Waals surface area (Å²) in [5, 5.41) is 6.97. The van der Waals surface area contributed by atoms with Crippen molar-refractivity contribution < 1.29 is 44.8 Å². The number of nitrogens with zero attached hydrogens (tertiary/aromatic N) is 3. The minimum atomic E-state index is -4.46. The molecule has 4 aromatic carbocycles. The molecule has 0 radical (unpaired) electrons. The molecular weight excluding hydrogens is 877 g/mol. The van der Waals surface area contributed by atoms with E-state index in [0.29, 0.717) is 17.8 Å². The third-order valence-corrected chi connectivity index (χ3v) is 13.8. The van der Waals surface area contributed by atoms with Crippen molar-refractivity contribution in [1.82, 2.24) is 10.3 Å². The second-order valence-electron chi connectivity index (χ2n) is 17.7. The Kier molecular flexibility index (Phi) is 13.7. The number of rotatable bonds is 17. The molecule has 0 spiro atoms. The SMILES string of the molecule is C=C(C)C(=O)OCCNC(=O)c1ccc(C(=C\C=C2\N(CCCS(=O)(=O)O)c3ccc4ccccc4c3C2(C)C)/C=C/C2=[N+](CCCS(=O)(=O)[O-])c3ccc4ccccc4c3C2(C)C)nc1. The van der Waals surface area contributed by atoms with E-state index in [-0.39, 0.29) is 43.7 Å². The summed E-state index contributed by atoms with van der Waals surface area (Å²) in [7, 11) is -8.67. The highest BCUT2D eigenvalue weighted by atomic mass is 32.2. The van der Waals surface area contributed by atoms with Crippen molar-refractivity contribution in [1.29, 1.82) is 0 Å². The molecule has 1 aromatic heterocycles. The van der Waals surface area contributed by atoms with Gasteiger partial charge in [-0.15, -0.1) is 0 Å². The number of allylic oxidation sites excluding steroid dienone is 6. The van der Waals surface area contributed by atoms with Crippen molar-refractivity contribution in [3.63, 3.8) is 0 Å². The fourth-order valence-electron chi connectivity index (χ4n) is 9.15. The van der Waals surface area contributed by atoms with Crippen LogP contribution in [0.1, 0.15) is 74.6 Å². The first-order valence-electron chi connectivity index (χ1n) is 21.7. The van der Waals surface area contributed by atoms with E-state index in [1.165, 1.54) is 13.1 Å². The predicted molar refractivity (Wildman–Crippen MR) is 259 cm³/mol. The number of amides is 1. The fourth-order valence-corrected chi connectivity index (χ4v) is 10.1. The normalized spacial score (nSPS) is 16.3. The quantitative estimate of drug-likeness (QED) is 0.0229. The summed E-state index contributed by atoms with van der Waals surface area (Å²) >= 11 is 0. The van der Waals surface area contributed by atoms with Crippen LogP contribution in [0, 0.1) is 0 Å². The Morgan fingerprint density at radius 3 is 2.18 bits per heavy atom. The Labute approximate surface area is 386 Å². The maximum absolute atomic E-state index is 13.1. The third kappa shape index (κ3) is 10.2. The molecule has 2 aliphatic rings. The van der Waals surface area contributed by atoms with Crippen molar-refractivity contribution in [3.8, 4) is 0 Å². The van der Waals surface area contributed by atoms with E-state index in [1.54, 1.807) is 12.1 Å². The highest BCUT2D eigenvalue weighted by Crippen LogP contribution is 2.51. The maximum Gasteiger partial charge on any atom is 0.333 e. The van der Waals surface area contributed by atoms with Crippen LogP contribution < -0.4 is 10.2 Å². The van der Waals surface area contributed by atoms with Gasteiger partial charge in [-0.25, -0.2) is 13.2 Å². The molecule has 0 saturated heterocycles. The van der Waals surface area contributed by atoms with Crippen molar-refractivity contribution in [2.75, 3.05) is 42.6 Å². The van der Waals surface area contributed by atoms with Crippen LogP contribution in [0.3, 0.4) is 0 Å². The summed E-state index contributed by atoms with van der Waals surface area (Å²) < 4.78 is 75.9. The topological polar surface area (TPSA) is 186 Å². The van der Waals surface area contributed by atoms with Gasteiger partial charge in [-0.1, -0.05) is 81.1 Å². The number of hydrogen-bond acceptors (Lipinski definition) is 10. The molecule has 0 atom stereocenters. The highest BCUT2D eigenvalue weighted by Gasteiger charge is 2.45. The standard InChI is InChI=1S/C51H54N4O9S2/c1-34(2)49(57)64-30-27-52-48(56)38-17-22-41(53-33-38)37(20-25-44-50(3,4)46-39-15-9-7-13-35(39)18-23-42(46)54(44)28-11-31-65(58,59)60)21-26-45-51(5,6)47-40-16-10-8-14-36(40)19-24-43(47)55(45)29-12-32-66(61,62)63/h7-10,13-26,33H,1,11-12,27-32H2,2-6H3,(H2-,52,56,58,59,60,61,62,63). The Hall–Kier alpha value is -6.26. The molecule has 13 nitrogen and oxygen atoms in total. The molecule has 0 fully saturated rings. The predicted octanol–water partition coefficient (Wildman–Crippen LogP) is 8.15. The molecule has 2 N–H and O–H groups in total. The first-order chi connectivity index (χ1) is 31.2. The van der Waals surface area contributed by atoms with E-state index in [1.807, 2.05) is 78.9 Å². The maximum atomic E-state index is 13.1. The molecule has 7 rings (SSSR count). The van der Waals surface area contributed by atoms with E-state index in [0.717, 1.165) is 55.5 Å². The number of carbonyl (C=O) groups excluding carboxylic acids is 2. The first-order valence-corrected chi connectivity index (χ1v) is 24.9. The van der Waals surface area contributed by atoms with E-state index in [9.17, 15) is 35.5 Å². The summed E-state index contributed by atoms with van der Waals surface area (Å²) in [4.78, 5) is 31.8. The fraction of sp³-hybridized carbons (Fsp3) is 0.294. The number of esters is 1. The second kappa shape index (κ2) is 18.9. The second-order valence-corrected chi connectivity index (χ2v) is 20.8. The third-order valence-electron chi connectivity index (χ3n) is 12.2. The van der Waals surface area contributed by atoms with Crippen LogP contribution in [0.4, 0.5) is 11.4 Å². The van der Waals surface area contributed by atoms with Gasteiger partial charge in [0.1, 0.15) is 13.2 Å². The van der Waals surface area contributed by atoms with Crippen LogP contribution in [-0.4, -0.2) is 90.8 Å². The molecule has 0 bridgehead atoms. The van der Waals surface area contributed by atoms with Crippen LogP contribution in [0.5, 0.6) is 0 Å². The highest BCUT2D eigenvalue weighted by molar-refractivity contribution is 7.85. The Morgan fingerprint density at radius 1 is 0.879 bits per heavy atom. The molecule has 5 aromatic rings. The molecule has 0 saturated carbocycles.